The van der Waals surface area contributed by atoms with Gasteiger partial charge in [-0.1, -0.05) is 59.3 Å². The summed E-state index contributed by atoms with van der Waals surface area (Å²) < 4.78 is 0.896. The molecule has 1 heterocycles. The molecule has 4 rings (SSSR count). The van der Waals surface area contributed by atoms with Gasteiger partial charge in [0, 0.05) is 28.5 Å². The van der Waals surface area contributed by atoms with Gasteiger partial charge in [-0.15, -0.1) is 0 Å². The average Bonchev–Trinajstić information content (AvgIpc) is 3.08. The van der Waals surface area contributed by atoms with Gasteiger partial charge in [0.2, 0.25) is 11.8 Å². The van der Waals surface area contributed by atoms with E-state index in [0.717, 1.165) is 32.9 Å². The first-order valence-electron chi connectivity index (χ1n) is 11.1. The fourth-order valence-corrected chi connectivity index (χ4v) is 4.62. The van der Waals surface area contributed by atoms with E-state index in [1.165, 1.54) is 4.90 Å². The summed E-state index contributed by atoms with van der Waals surface area (Å²) in [6, 6.07) is 18.3. The SMILES string of the molecule is CCCNC(=O)[C@H](C)N(Cc1cccc(Br)c1)C(=O)CN1C(=O)c2cccc3cccc1c23. The van der Waals surface area contributed by atoms with Gasteiger partial charge in [-0.2, -0.15) is 0 Å². The molecule has 33 heavy (non-hydrogen) atoms. The lowest BCUT2D eigenvalue weighted by molar-refractivity contribution is -0.139. The maximum atomic E-state index is 13.6. The van der Waals surface area contributed by atoms with Crippen LogP contribution < -0.4 is 10.2 Å². The molecule has 0 aromatic heterocycles. The molecule has 0 radical (unpaired) electrons. The molecule has 0 unspecified atom stereocenters. The maximum absolute atomic E-state index is 13.6. The van der Waals surface area contributed by atoms with E-state index < -0.39 is 6.04 Å². The molecule has 1 N–H and O–H groups in total. The number of rotatable bonds is 8. The van der Waals surface area contributed by atoms with Crippen molar-refractivity contribution in [2.45, 2.75) is 32.9 Å². The molecule has 1 atom stereocenters. The predicted octanol–water partition coefficient (Wildman–Crippen LogP) is 4.51. The van der Waals surface area contributed by atoms with Crippen molar-refractivity contribution in [1.29, 1.82) is 0 Å². The van der Waals surface area contributed by atoms with E-state index >= 15 is 0 Å². The van der Waals surface area contributed by atoms with Crippen molar-refractivity contribution in [2.75, 3.05) is 18.0 Å². The van der Waals surface area contributed by atoms with Crippen molar-refractivity contribution in [1.82, 2.24) is 10.2 Å². The third-order valence-corrected chi connectivity index (χ3v) is 6.39. The van der Waals surface area contributed by atoms with E-state index in [1.807, 2.05) is 61.5 Å². The Balaban J connectivity index is 1.62. The van der Waals surface area contributed by atoms with Crippen LogP contribution in [0.4, 0.5) is 5.69 Å². The normalized spacial score (nSPS) is 13.3. The van der Waals surface area contributed by atoms with E-state index in [0.29, 0.717) is 12.1 Å². The summed E-state index contributed by atoms with van der Waals surface area (Å²) in [6.45, 7) is 4.38. The molecule has 0 bridgehead atoms. The third kappa shape index (κ3) is 4.64. The molecular weight excluding hydrogens is 482 g/mol. The lowest BCUT2D eigenvalue weighted by atomic mass is 10.1. The van der Waals surface area contributed by atoms with Gasteiger partial charge in [0.25, 0.3) is 5.91 Å². The van der Waals surface area contributed by atoms with Crippen molar-refractivity contribution in [3.05, 3.63) is 76.3 Å². The zero-order valence-corrected chi connectivity index (χ0v) is 20.3. The number of carbonyl (C=O) groups excluding carboxylic acids is 3. The summed E-state index contributed by atoms with van der Waals surface area (Å²) in [7, 11) is 0. The van der Waals surface area contributed by atoms with Crippen LogP contribution in [0.5, 0.6) is 0 Å². The Morgan fingerprint density at radius 2 is 1.82 bits per heavy atom. The van der Waals surface area contributed by atoms with Crippen molar-refractivity contribution >= 4 is 50.1 Å². The zero-order valence-electron chi connectivity index (χ0n) is 18.7. The molecule has 0 spiro atoms. The second-order valence-electron chi connectivity index (χ2n) is 8.19. The number of anilines is 1. The van der Waals surface area contributed by atoms with Gasteiger partial charge in [0.1, 0.15) is 12.6 Å². The number of benzene rings is 3. The maximum Gasteiger partial charge on any atom is 0.259 e. The van der Waals surface area contributed by atoms with E-state index in [2.05, 4.69) is 21.2 Å². The van der Waals surface area contributed by atoms with Gasteiger partial charge in [0.05, 0.1) is 5.69 Å². The van der Waals surface area contributed by atoms with Gasteiger partial charge in [-0.05, 0) is 48.6 Å². The third-order valence-electron chi connectivity index (χ3n) is 5.90. The Hall–Kier alpha value is -3.19. The van der Waals surface area contributed by atoms with Crippen molar-refractivity contribution < 1.29 is 14.4 Å². The van der Waals surface area contributed by atoms with Crippen LogP contribution in [0.15, 0.2) is 65.1 Å². The molecule has 1 aliphatic rings. The molecule has 1 aliphatic heterocycles. The van der Waals surface area contributed by atoms with Crippen LogP contribution in [0.25, 0.3) is 10.8 Å². The predicted molar refractivity (Wildman–Crippen MR) is 133 cm³/mol. The molecule has 6 nitrogen and oxygen atoms in total. The molecular formula is C26H26BrN3O3. The highest BCUT2D eigenvalue weighted by Crippen LogP contribution is 2.37. The summed E-state index contributed by atoms with van der Waals surface area (Å²) in [4.78, 5) is 42.5. The Morgan fingerprint density at radius 3 is 2.55 bits per heavy atom. The van der Waals surface area contributed by atoms with E-state index in [-0.39, 0.29) is 30.8 Å². The van der Waals surface area contributed by atoms with E-state index in [9.17, 15) is 14.4 Å². The molecule has 170 valence electrons. The average molecular weight is 508 g/mol. The van der Waals surface area contributed by atoms with Gasteiger partial charge in [-0.3, -0.25) is 19.3 Å². The monoisotopic (exact) mass is 507 g/mol. The number of hydrogen-bond donors (Lipinski definition) is 1. The van der Waals surface area contributed by atoms with Gasteiger partial charge < -0.3 is 10.2 Å². The van der Waals surface area contributed by atoms with Crippen molar-refractivity contribution in [2.24, 2.45) is 0 Å². The summed E-state index contributed by atoms with van der Waals surface area (Å²) in [6.07, 6.45) is 0.808. The van der Waals surface area contributed by atoms with Crippen molar-refractivity contribution in [3.63, 3.8) is 0 Å². The van der Waals surface area contributed by atoms with Crippen LogP contribution in [0.2, 0.25) is 0 Å². The minimum absolute atomic E-state index is 0.133. The van der Waals surface area contributed by atoms with Gasteiger partial charge >= 0.3 is 0 Å². The van der Waals surface area contributed by atoms with E-state index in [1.54, 1.807) is 17.9 Å². The zero-order chi connectivity index (χ0) is 23.5. The number of halogens is 1. The molecule has 3 aromatic carbocycles. The lowest BCUT2D eigenvalue weighted by Crippen LogP contribution is -2.51. The summed E-state index contributed by atoms with van der Waals surface area (Å²) in [5, 5.41) is 4.70. The number of nitrogens with one attached hydrogen (secondary N) is 1. The fourth-order valence-electron chi connectivity index (χ4n) is 4.17. The Labute approximate surface area is 201 Å². The minimum atomic E-state index is -0.682. The van der Waals surface area contributed by atoms with Gasteiger partial charge in [0.15, 0.2) is 0 Å². The molecule has 0 saturated carbocycles. The Kier molecular flexibility index (Phi) is 6.79. The minimum Gasteiger partial charge on any atom is -0.354 e. The lowest BCUT2D eigenvalue weighted by Gasteiger charge is -2.30. The van der Waals surface area contributed by atoms with Crippen LogP contribution in [0, 0.1) is 0 Å². The molecule has 3 aromatic rings. The highest BCUT2D eigenvalue weighted by Gasteiger charge is 2.34. The molecule has 0 fully saturated rings. The number of nitrogens with zero attached hydrogens (tertiary/aromatic N) is 2. The smallest absolute Gasteiger partial charge is 0.259 e. The number of amides is 3. The van der Waals surface area contributed by atoms with Crippen LogP contribution in [-0.2, 0) is 16.1 Å². The van der Waals surface area contributed by atoms with Crippen molar-refractivity contribution in [3.8, 4) is 0 Å². The topological polar surface area (TPSA) is 69.7 Å². The standard InChI is InChI=1S/C26H26BrN3O3/c1-3-13-28-25(32)17(2)29(15-18-7-4-10-20(27)14-18)23(31)16-30-22-12-6-9-19-8-5-11-21(24(19)22)26(30)33/h4-12,14,17H,3,13,15-16H2,1-2H3,(H,28,32)/t17-/m0/s1. The summed E-state index contributed by atoms with van der Waals surface area (Å²) in [5.41, 5.74) is 2.22. The van der Waals surface area contributed by atoms with Gasteiger partial charge in [-0.25, -0.2) is 0 Å². The second kappa shape index (κ2) is 9.75. The van der Waals surface area contributed by atoms with Crippen LogP contribution in [-0.4, -0.2) is 41.8 Å². The van der Waals surface area contributed by atoms with Crippen LogP contribution >= 0.6 is 15.9 Å². The summed E-state index contributed by atoms with van der Waals surface area (Å²) in [5.74, 6) is -0.689. The Bertz CT molecular complexity index is 1220. The molecule has 0 aliphatic carbocycles. The first kappa shape index (κ1) is 23.0. The number of hydrogen-bond acceptors (Lipinski definition) is 3. The highest BCUT2D eigenvalue weighted by molar-refractivity contribution is 9.10. The molecule has 3 amide bonds. The van der Waals surface area contributed by atoms with Crippen LogP contribution in [0.1, 0.15) is 36.2 Å². The number of carbonyl (C=O) groups is 3. The van der Waals surface area contributed by atoms with Crippen LogP contribution in [0.3, 0.4) is 0 Å². The molecule has 7 heteroatoms. The first-order chi connectivity index (χ1) is 15.9. The highest BCUT2D eigenvalue weighted by atomic mass is 79.9. The second-order valence-corrected chi connectivity index (χ2v) is 9.11. The molecule has 0 saturated heterocycles. The van der Waals surface area contributed by atoms with E-state index in [4.69, 9.17) is 0 Å². The summed E-state index contributed by atoms with van der Waals surface area (Å²) >= 11 is 3.47. The fraction of sp³-hybridized carbons (Fsp3) is 0.269. The Morgan fingerprint density at radius 1 is 1.09 bits per heavy atom. The largest absolute Gasteiger partial charge is 0.354 e. The first-order valence-corrected chi connectivity index (χ1v) is 11.8. The quantitative estimate of drug-likeness (QED) is 0.487.